The molecule has 2 N–H and O–H groups in total. The van der Waals surface area contributed by atoms with Gasteiger partial charge in [0.1, 0.15) is 6.33 Å². The van der Waals surface area contributed by atoms with Crippen molar-refractivity contribution in [2.45, 2.75) is 33.2 Å². The maximum absolute atomic E-state index is 12.1. The van der Waals surface area contributed by atoms with Crippen molar-refractivity contribution in [1.82, 2.24) is 25.4 Å². The van der Waals surface area contributed by atoms with Gasteiger partial charge in [-0.25, -0.2) is 9.98 Å². The molecule has 28 heavy (non-hydrogen) atoms. The van der Waals surface area contributed by atoms with Crippen molar-refractivity contribution in [2.75, 3.05) is 26.2 Å². The van der Waals surface area contributed by atoms with Crippen LogP contribution in [-0.2, 0) is 16.1 Å². The highest BCUT2D eigenvalue weighted by Gasteiger charge is 2.28. The third-order valence-corrected chi connectivity index (χ3v) is 4.70. The lowest BCUT2D eigenvalue weighted by atomic mass is 9.98. The number of aliphatic imine (C=N–C) groups is 1. The summed E-state index contributed by atoms with van der Waals surface area (Å²) in [7, 11) is 0. The van der Waals surface area contributed by atoms with Gasteiger partial charge in [0.2, 0.25) is 0 Å². The zero-order valence-corrected chi connectivity index (χ0v) is 16.5. The summed E-state index contributed by atoms with van der Waals surface area (Å²) in [5, 5.41) is 10.1. The minimum atomic E-state index is -0.109. The summed E-state index contributed by atoms with van der Waals surface area (Å²) in [6.45, 7) is 7.17. The van der Waals surface area contributed by atoms with E-state index in [0.29, 0.717) is 19.7 Å². The lowest BCUT2D eigenvalue weighted by Gasteiger charge is -2.34. The summed E-state index contributed by atoms with van der Waals surface area (Å²) in [4.78, 5) is 23.3. The fraction of sp³-hybridized carbons (Fsp3) is 0.500. The number of benzene rings is 1. The van der Waals surface area contributed by atoms with E-state index in [1.165, 1.54) is 6.33 Å². The van der Waals surface area contributed by atoms with Crippen LogP contribution in [-0.4, -0.2) is 58.3 Å². The molecule has 8 heteroatoms. The number of piperidine rings is 1. The summed E-state index contributed by atoms with van der Waals surface area (Å²) in [6.07, 6.45) is 3.32. The summed E-state index contributed by atoms with van der Waals surface area (Å²) < 4.78 is 5.21. The molecule has 1 aliphatic heterocycles. The fourth-order valence-corrected chi connectivity index (χ4v) is 3.38. The second kappa shape index (κ2) is 9.87. The van der Waals surface area contributed by atoms with E-state index in [1.54, 1.807) is 0 Å². The van der Waals surface area contributed by atoms with Gasteiger partial charge in [-0.3, -0.25) is 9.89 Å². The molecule has 3 rings (SSSR count). The Morgan fingerprint density at radius 1 is 1.43 bits per heavy atom. The Hall–Kier alpha value is -2.90. The molecule has 0 amide bonds. The van der Waals surface area contributed by atoms with Crippen molar-refractivity contribution < 1.29 is 9.53 Å². The van der Waals surface area contributed by atoms with Gasteiger partial charge in [0.05, 0.1) is 19.1 Å². The number of aromatic amines is 1. The molecule has 1 fully saturated rings. The predicted octanol–water partition coefficient (Wildman–Crippen LogP) is 2.21. The molecular formula is C20H28N6O2. The van der Waals surface area contributed by atoms with Crippen molar-refractivity contribution in [3.63, 3.8) is 0 Å². The van der Waals surface area contributed by atoms with Crippen LogP contribution in [0.3, 0.4) is 0 Å². The zero-order valence-electron chi connectivity index (χ0n) is 16.5. The van der Waals surface area contributed by atoms with Crippen molar-refractivity contribution in [3.05, 3.63) is 36.2 Å². The molecule has 0 saturated carbocycles. The number of carbonyl (C=O) groups excluding carboxylic acids is 1. The fourth-order valence-electron chi connectivity index (χ4n) is 3.38. The number of nitrogens with one attached hydrogen (secondary N) is 2. The number of nitrogens with zero attached hydrogens (tertiary/aromatic N) is 4. The van der Waals surface area contributed by atoms with Crippen LogP contribution >= 0.6 is 0 Å². The highest BCUT2D eigenvalue weighted by molar-refractivity contribution is 5.81. The van der Waals surface area contributed by atoms with Gasteiger partial charge in [-0.15, -0.1) is 0 Å². The smallest absolute Gasteiger partial charge is 0.310 e. The van der Waals surface area contributed by atoms with Crippen LogP contribution in [0.1, 0.15) is 32.3 Å². The molecule has 1 aliphatic rings. The first kappa shape index (κ1) is 19.9. The highest BCUT2D eigenvalue weighted by atomic mass is 16.5. The van der Waals surface area contributed by atoms with Crippen LogP contribution in [0.15, 0.2) is 35.6 Å². The SMILES string of the molecule is CCNC(=NCc1cccc(-c2ncn[nH]2)c1)N1CCCC(C(=O)OCC)C1. The largest absolute Gasteiger partial charge is 0.466 e. The Morgan fingerprint density at radius 2 is 2.32 bits per heavy atom. The summed E-state index contributed by atoms with van der Waals surface area (Å²) in [5.41, 5.74) is 2.07. The minimum absolute atomic E-state index is 0.0904. The summed E-state index contributed by atoms with van der Waals surface area (Å²) in [5.74, 6) is 1.38. The van der Waals surface area contributed by atoms with E-state index >= 15 is 0 Å². The molecule has 1 unspecified atom stereocenters. The van der Waals surface area contributed by atoms with Crippen molar-refractivity contribution >= 4 is 11.9 Å². The molecule has 1 atom stereocenters. The third kappa shape index (κ3) is 5.09. The average Bonchev–Trinajstić information content (AvgIpc) is 3.26. The first-order valence-corrected chi connectivity index (χ1v) is 9.85. The molecule has 1 aromatic carbocycles. The quantitative estimate of drug-likeness (QED) is 0.450. The molecule has 1 aromatic heterocycles. The minimum Gasteiger partial charge on any atom is -0.466 e. The number of H-pyrrole nitrogens is 1. The van der Waals surface area contributed by atoms with Gasteiger partial charge in [0, 0.05) is 25.2 Å². The number of carbonyl (C=O) groups is 1. The van der Waals surface area contributed by atoms with Crippen LogP contribution in [0.25, 0.3) is 11.4 Å². The second-order valence-corrected chi connectivity index (χ2v) is 6.74. The molecule has 0 bridgehead atoms. The summed E-state index contributed by atoms with van der Waals surface area (Å²) >= 11 is 0. The van der Waals surface area contributed by atoms with Gasteiger partial charge < -0.3 is 15.0 Å². The molecule has 1 saturated heterocycles. The standard InChI is InChI=1S/C20H28N6O2/c1-3-21-20(26-10-6-9-17(13-26)19(27)28-4-2)22-12-15-7-5-8-16(11-15)18-23-14-24-25-18/h5,7-8,11,14,17H,3-4,6,9-10,12-13H2,1-2H3,(H,21,22)(H,23,24,25). The number of likely N-dealkylation sites (tertiary alicyclic amines) is 1. The second-order valence-electron chi connectivity index (χ2n) is 6.74. The van der Waals surface area contributed by atoms with Gasteiger partial charge in [-0.05, 0) is 38.3 Å². The monoisotopic (exact) mass is 384 g/mol. The molecule has 0 radical (unpaired) electrons. The third-order valence-electron chi connectivity index (χ3n) is 4.70. The first-order valence-electron chi connectivity index (χ1n) is 9.85. The van der Waals surface area contributed by atoms with E-state index < -0.39 is 0 Å². The lowest BCUT2D eigenvalue weighted by Crippen LogP contribution is -2.48. The van der Waals surface area contributed by atoms with E-state index in [2.05, 4.69) is 31.5 Å². The molecule has 0 aliphatic carbocycles. The number of rotatable bonds is 6. The van der Waals surface area contributed by atoms with E-state index in [-0.39, 0.29) is 11.9 Å². The van der Waals surface area contributed by atoms with Crippen LogP contribution < -0.4 is 5.32 Å². The number of aromatic nitrogens is 3. The Labute approximate surface area is 165 Å². The molecule has 2 aromatic rings. The van der Waals surface area contributed by atoms with E-state index in [1.807, 2.05) is 32.0 Å². The topological polar surface area (TPSA) is 95.5 Å². The number of guanidine groups is 1. The van der Waals surface area contributed by atoms with Crippen LogP contribution in [0.5, 0.6) is 0 Å². The van der Waals surface area contributed by atoms with Gasteiger partial charge in [-0.2, -0.15) is 5.10 Å². The normalized spacial score (nSPS) is 17.4. The van der Waals surface area contributed by atoms with Crippen molar-refractivity contribution in [1.29, 1.82) is 0 Å². The van der Waals surface area contributed by atoms with Crippen molar-refractivity contribution in [2.24, 2.45) is 10.9 Å². The predicted molar refractivity (Wildman–Crippen MR) is 108 cm³/mol. The number of hydrogen-bond donors (Lipinski definition) is 2. The average molecular weight is 384 g/mol. The molecule has 150 valence electrons. The maximum Gasteiger partial charge on any atom is 0.310 e. The molecule has 0 spiro atoms. The summed E-state index contributed by atoms with van der Waals surface area (Å²) in [6, 6.07) is 8.09. The maximum atomic E-state index is 12.1. The van der Waals surface area contributed by atoms with Gasteiger partial charge in [0.25, 0.3) is 0 Å². The highest BCUT2D eigenvalue weighted by Crippen LogP contribution is 2.19. The van der Waals surface area contributed by atoms with Gasteiger partial charge >= 0.3 is 5.97 Å². The Kier molecular flexibility index (Phi) is 7.00. The number of ether oxygens (including phenoxy) is 1. The molecule has 8 nitrogen and oxygen atoms in total. The first-order chi connectivity index (χ1) is 13.7. The van der Waals surface area contributed by atoms with Crippen molar-refractivity contribution in [3.8, 4) is 11.4 Å². The number of hydrogen-bond acceptors (Lipinski definition) is 5. The Morgan fingerprint density at radius 3 is 3.07 bits per heavy atom. The Balaban J connectivity index is 1.70. The van der Waals surface area contributed by atoms with E-state index in [4.69, 9.17) is 9.73 Å². The lowest BCUT2D eigenvalue weighted by molar-refractivity contribution is -0.149. The Bertz CT molecular complexity index is 790. The molecule has 2 heterocycles. The van der Waals surface area contributed by atoms with E-state index in [0.717, 1.165) is 48.8 Å². The zero-order chi connectivity index (χ0) is 19.8. The van der Waals surface area contributed by atoms with Gasteiger partial charge in [0.15, 0.2) is 11.8 Å². The van der Waals surface area contributed by atoms with E-state index in [9.17, 15) is 4.79 Å². The van der Waals surface area contributed by atoms with Crippen LogP contribution in [0.4, 0.5) is 0 Å². The van der Waals surface area contributed by atoms with Crippen LogP contribution in [0.2, 0.25) is 0 Å². The number of esters is 1. The van der Waals surface area contributed by atoms with Gasteiger partial charge in [-0.1, -0.05) is 18.2 Å². The van der Waals surface area contributed by atoms with Crippen LogP contribution in [0, 0.1) is 5.92 Å². The molecular weight excluding hydrogens is 356 g/mol.